The lowest BCUT2D eigenvalue weighted by Gasteiger charge is -2.16. The number of esters is 1. The quantitative estimate of drug-likeness (QED) is 0.0735. The third kappa shape index (κ3) is 4.96. The second-order valence-corrected chi connectivity index (χ2v) is 13.3. The first-order valence-electron chi connectivity index (χ1n) is 16.9. The zero-order chi connectivity index (χ0) is 33.1. The molecule has 244 valence electrons. The highest BCUT2D eigenvalue weighted by molar-refractivity contribution is 6.11. The number of benzene rings is 3. The molecule has 0 aliphatic carbocycles. The van der Waals surface area contributed by atoms with Crippen LogP contribution in [0.4, 0.5) is 11.4 Å². The Hall–Kier alpha value is -5.31. The molecule has 0 spiro atoms. The van der Waals surface area contributed by atoms with Gasteiger partial charge in [0.1, 0.15) is 11.4 Å². The molecule has 2 aliphatic rings. The van der Waals surface area contributed by atoms with Gasteiger partial charge in [-0.05, 0) is 110 Å². The summed E-state index contributed by atoms with van der Waals surface area (Å²) in [5, 5.41) is 6.59. The molecule has 0 saturated heterocycles. The van der Waals surface area contributed by atoms with E-state index in [4.69, 9.17) is 4.74 Å². The van der Waals surface area contributed by atoms with Crippen LogP contribution in [-0.2, 0) is 24.0 Å². The monoisotopic (exact) mass is 641 g/mol. The van der Waals surface area contributed by atoms with Crippen molar-refractivity contribution in [2.24, 2.45) is 5.92 Å². The fourth-order valence-corrected chi connectivity index (χ4v) is 7.81. The van der Waals surface area contributed by atoms with Crippen molar-refractivity contribution in [2.75, 3.05) is 30.4 Å². The Balaban J connectivity index is 0.942. The number of nitrogens with one attached hydrogen (secondary N) is 4. The summed E-state index contributed by atoms with van der Waals surface area (Å²) in [5.74, 6) is -0.424. The Kier molecular flexibility index (Phi) is 7.35. The summed E-state index contributed by atoms with van der Waals surface area (Å²) in [4.78, 5) is 51.1. The average Bonchev–Trinajstić information content (AvgIpc) is 3.93. The zero-order valence-electron chi connectivity index (χ0n) is 27.5. The molecular formula is C39H39N5O4. The van der Waals surface area contributed by atoms with E-state index in [-0.39, 0.29) is 23.6 Å². The molecule has 5 heterocycles. The molecule has 48 heavy (non-hydrogen) atoms. The number of fused-ring (bicyclic) bond motifs is 7. The molecule has 0 bridgehead atoms. The number of hydrogen-bond donors (Lipinski definition) is 4. The van der Waals surface area contributed by atoms with E-state index in [1.54, 1.807) is 0 Å². The van der Waals surface area contributed by atoms with Gasteiger partial charge >= 0.3 is 5.97 Å². The van der Waals surface area contributed by atoms with Gasteiger partial charge in [-0.15, -0.1) is 0 Å². The SMILES string of the molecule is COC(=O)c1cc2c(CCCC[C@@H](C)C(=O)c3cc4c5c(ccc4[nH]3)N(C(=O)c3cc4c6c(ccc4[nH]3)NCC6)CC5)c(C)ccc2[nH]1. The Labute approximate surface area is 278 Å². The molecule has 9 heteroatoms. The Morgan fingerprint density at radius 3 is 2.33 bits per heavy atom. The number of Topliss-reactive ketones (excluding diaryl/α,β-unsaturated/α-hetero) is 1. The molecule has 8 rings (SSSR count). The zero-order valence-corrected chi connectivity index (χ0v) is 27.5. The van der Waals surface area contributed by atoms with Crippen LogP contribution < -0.4 is 10.2 Å². The van der Waals surface area contributed by atoms with Crippen LogP contribution in [0.2, 0.25) is 0 Å². The van der Waals surface area contributed by atoms with Crippen LogP contribution in [0.5, 0.6) is 0 Å². The number of H-pyrrole nitrogens is 3. The van der Waals surface area contributed by atoms with Crippen molar-refractivity contribution in [3.05, 3.63) is 93.9 Å². The van der Waals surface area contributed by atoms with Crippen LogP contribution in [0.15, 0.2) is 54.6 Å². The van der Waals surface area contributed by atoms with Crippen LogP contribution >= 0.6 is 0 Å². The van der Waals surface area contributed by atoms with Crippen molar-refractivity contribution in [1.82, 2.24) is 15.0 Å². The smallest absolute Gasteiger partial charge is 0.354 e. The van der Waals surface area contributed by atoms with Crippen molar-refractivity contribution in [3.8, 4) is 0 Å². The maximum atomic E-state index is 13.8. The third-order valence-electron chi connectivity index (χ3n) is 10.4. The number of hydrogen-bond acceptors (Lipinski definition) is 5. The molecule has 0 fully saturated rings. The summed E-state index contributed by atoms with van der Waals surface area (Å²) in [6.45, 7) is 5.63. The number of aromatic amines is 3. The number of unbranched alkanes of at least 4 members (excludes halogenated alkanes) is 1. The number of rotatable bonds is 9. The minimum absolute atomic E-state index is 0.0312. The number of aryl methyl sites for hydroxylation is 2. The summed E-state index contributed by atoms with van der Waals surface area (Å²) in [7, 11) is 1.38. The van der Waals surface area contributed by atoms with Crippen LogP contribution in [0.3, 0.4) is 0 Å². The van der Waals surface area contributed by atoms with Gasteiger partial charge in [-0.1, -0.05) is 19.4 Å². The van der Waals surface area contributed by atoms with Gasteiger partial charge in [-0.3, -0.25) is 9.59 Å². The van der Waals surface area contributed by atoms with Crippen LogP contribution in [0, 0.1) is 12.8 Å². The molecule has 9 nitrogen and oxygen atoms in total. The van der Waals surface area contributed by atoms with Gasteiger partial charge in [0.05, 0.1) is 12.8 Å². The van der Waals surface area contributed by atoms with Crippen molar-refractivity contribution in [3.63, 3.8) is 0 Å². The summed E-state index contributed by atoms with van der Waals surface area (Å²) in [6, 6.07) is 18.0. The largest absolute Gasteiger partial charge is 0.464 e. The standard InChI is InChI=1S/C39H39N5O4/c1-21-8-9-30-26(20-35(43-30)39(47)48-3)23(21)7-5-4-6-22(2)37(45)33-18-28-25-15-17-44(36(25)13-12-32(28)41-33)38(46)34-19-27-24-14-16-40-29(24)10-11-31(27)42-34/h8-13,18-20,22,40-43H,4-7,14-17H2,1-3H3/t22-/m1/s1. The van der Waals surface area contributed by atoms with E-state index >= 15 is 0 Å². The number of aromatic nitrogens is 3. The van der Waals surface area contributed by atoms with Gasteiger partial charge in [0.15, 0.2) is 5.78 Å². The van der Waals surface area contributed by atoms with Gasteiger partial charge in [0.25, 0.3) is 5.91 Å². The second kappa shape index (κ2) is 11.7. The molecule has 3 aromatic carbocycles. The topological polar surface area (TPSA) is 123 Å². The van der Waals surface area contributed by atoms with E-state index in [2.05, 4.69) is 39.3 Å². The number of amides is 1. The van der Waals surface area contributed by atoms with Gasteiger partial charge < -0.3 is 29.9 Å². The van der Waals surface area contributed by atoms with E-state index < -0.39 is 0 Å². The summed E-state index contributed by atoms with van der Waals surface area (Å²) >= 11 is 0. The number of carbonyl (C=O) groups is 3. The normalized spacial score (nSPS) is 14.4. The highest BCUT2D eigenvalue weighted by Gasteiger charge is 2.30. The van der Waals surface area contributed by atoms with E-state index in [1.807, 2.05) is 54.3 Å². The number of carbonyl (C=O) groups excluding carboxylic acids is 3. The van der Waals surface area contributed by atoms with Gasteiger partial charge in [-0.2, -0.15) is 0 Å². The minimum Gasteiger partial charge on any atom is -0.464 e. The molecule has 0 saturated carbocycles. The lowest BCUT2D eigenvalue weighted by molar-refractivity contribution is 0.0595. The maximum Gasteiger partial charge on any atom is 0.354 e. The number of ether oxygens (including phenoxy) is 1. The molecule has 0 unspecified atom stereocenters. The van der Waals surface area contributed by atoms with Crippen LogP contribution in [0.25, 0.3) is 32.7 Å². The summed E-state index contributed by atoms with van der Waals surface area (Å²) in [5.41, 5.74) is 11.4. The third-order valence-corrected chi connectivity index (χ3v) is 10.4. The maximum absolute atomic E-state index is 13.8. The number of methoxy groups -OCH3 is 1. The first-order chi connectivity index (χ1) is 23.3. The molecule has 3 aromatic heterocycles. The Morgan fingerprint density at radius 1 is 0.812 bits per heavy atom. The fourth-order valence-electron chi connectivity index (χ4n) is 7.81. The predicted molar refractivity (Wildman–Crippen MR) is 190 cm³/mol. The van der Waals surface area contributed by atoms with E-state index in [0.29, 0.717) is 23.6 Å². The van der Waals surface area contributed by atoms with Crippen molar-refractivity contribution < 1.29 is 19.1 Å². The van der Waals surface area contributed by atoms with E-state index in [0.717, 1.165) is 94.7 Å². The van der Waals surface area contributed by atoms with E-state index in [1.165, 1.54) is 23.8 Å². The Bertz CT molecular complexity index is 2270. The predicted octanol–water partition coefficient (Wildman–Crippen LogP) is 7.63. The first-order valence-corrected chi connectivity index (χ1v) is 16.9. The second-order valence-electron chi connectivity index (χ2n) is 13.3. The fraction of sp³-hybridized carbons (Fsp3) is 0.308. The van der Waals surface area contributed by atoms with Gasteiger partial charge in [0, 0.05) is 63.1 Å². The molecule has 6 aromatic rings. The molecule has 4 N–H and O–H groups in total. The summed E-state index contributed by atoms with van der Waals surface area (Å²) in [6.07, 6.45) is 5.21. The van der Waals surface area contributed by atoms with Crippen molar-refractivity contribution in [2.45, 2.75) is 52.4 Å². The molecule has 1 amide bonds. The average molecular weight is 642 g/mol. The molecule has 0 radical (unpaired) electrons. The molecular weight excluding hydrogens is 602 g/mol. The first kappa shape index (κ1) is 30.1. The van der Waals surface area contributed by atoms with E-state index in [9.17, 15) is 14.4 Å². The lowest BCUT2D eigenvalue weighted by Crippen LogP contribution is -2.29. The van der Waals surface area contributed by atoms with Gasteiger partial charge in [0.2, 0.25) is 0 Å². The number of nitrogens with zero attached hydrogens (tertiary/aromatic N) is 1. The van der Waals surface area contributed by atoms with Crippen molar-refractivity contribution in [1.29, 1.82) is 0 Å². The summed E-state index contributed by atoms with van der Waals surface area (Å²) < 4.78 is 4.89. The highest BCUT2D eigenvalue weighted by Crippen LogP contribution is 2.37. The van der Waals surface area contributed by atoms with Gasteiger partial charge in [-0.25, -0.2) is 4.79 Å². The van der Waals surface area contributed by atoms with Crippen molar-refractivity contribution >= 4 is 61.7 Å². The highest BCUT2D eigenvalue weighted by atomic mass is 16.5. The molecule has 2 aliphatic heterocycles. The van der Waals surface area contributed by atoms with Crippen LogP contribution in [-0.4, -0.2) is 52.8 Å². The van der Waals surface area contributed by atoms with Crippen LogP contribution in [0.1, 0.15) is 79.9 Å². The molecule has 1 atom stereocenters. The Morgan fingerprint density at radius 2 is 1.50 bits per heavy atom. The number of ketones is 1. The minimum atomic E-state index is -0.374. The number of anilines is 2. The lowest BCUT2D eigenvalue weighted by atomic mass is 9.94.